The number of aryl methyl sites for hydroxylation is 1. The van der Waals surface area contributed by atoms with Crippen LogP contribution in [-0.4, -0.2) is 17.3 Å². The molecule has 0 saturated carbocycles. The average Bonchev–Trinajstić information content (AvgIpc) is 2.86. The molecule has 0 radical (unpaired) electrons. The molecule has 0 fully saturated rings. The van der Waals surface area contributed by atoms with E-state index < -0.39 is 0 Å². The predicted octanol–water partition coefficient (Wildman–Crippen LogP) is 2.52. The number of aromatic amines is 1. The number of aromatic nitrogens is 2. The Morgan fingerprint density at radius 1 is 1.41 bits per heavy atom. The number of methoxy groups -OCH3 is 1. The van der Waals surface area contributed by atoms with Crippen LogP contribution < -0.4 is 4.74 Å². The first-order valence-corrected chi connectivity index (χ1v) is 5.41. The third kappa shape index (κ3) is 2.13. The minimum Gasteiger partial charge on any atom is -0.496 e. The van der Waals surface area contributed by atoms with E-state index in [4.69, 9.17) is 10.00 Å². The summed E-state index contributed by atoms with van der Waals surface area (Å²) in [6.45, 7) is 2.10. The maximum atomic E-state index is 8.76. The highest BCUT2D eigenvalue weighted by Crippen LogP contribution is 2.30. The molecule has 0 spiro atoms. The second-order valence-corrected chi connectivity index (χ2v) is 3.67. The van der Waals surface area contributed by atoms with Crippen molar-refractivity contribution in [3.8, 4) is 23.1 Å². The van der Waals surface area contributed by atoms with Crippen molar-refractivity contribution >= 4 is 0 Å². The largest absolute Gasteiger partial charge is 0.496 e. The number of hydrogen-bond acceptors (Lipinski definition) is 3. The fourth-order valence-corrected chi connectivity index (χ4v) is 1.70. The molecule has 0 atom stereocenters. The summed E-state index contributed by atoms with van der Waals surface area (Å²) in [5.41, 5.74) is 3.33. The minimum atomic E-state index is 0.379. The van der Waals surface area contributed by atoms with E-state index >= 15 is 0 Å². The van der Waals surface area contributed by atoms with Crippen molar-refractivity contribution in [2.24, 2.45) is 0 Å². The Morgan fingerprint density at radius 3 is 2.82 bits per heavy atom. The lowest BCUT2D eigenvalue weighted by molar-refractivity contribution is 0.416. The van der Waals surface area contributed by atoms with Crippen molar-refractivity contribution in [1.29, 1.82) is 5.26 Å². The molecule has 4 nitrogen and oxygen atoms in total. The van der Waals surface area contributed by atoms with Gasteiger partial charge in [0.2, 0.25) is 0 Å². The van der Waals surface area contributed by atoms with E-state index in [1.165, 1.54) is 5.56 Å². The lowest BCUT2D eigenvalue weighted by atomic mass is 10.1. The molecule has 1 heterocycles. The molecular formula is C13H13N3O. The van der Waals surface area contributed by atoms with Gasteiger partial charge in [0.1, 0.15) is 11.8 Å². The molecule has 2 aromatic rings. The van der Waals surface area contributed by atoms with Gasteiger partial charge in [-0.05, 0) is 24.1 Å². The molecule has 0 aliphatic heterocycles. The SMILES string of the molecule is CCc1ccc(OC)c(-c2cc(C#N)n[nH]2)c1. The third-order valence-corrected chi connectivity index (χ3v) is 2.65. The fraction of sp³-hybridized carbons (Fsp3) is 0.231. The van der Waals surface area contributed by atoms with E-state index in [2.05, 4.69) is 17.1 Å². The Hall–Kier alpha value is -2.28. The van der Waals surface area contributed by atoms with E-state index in [1.54, 1.807) is 13.2 Å². The van der Waals surface area contributed by atoms with E-state index in [-0.39, 0.29) is 0 Å². The second-order valence-electron chi connectivity index (χ2n) is 3.67. The summed E-state index contributed by atoms with van der Waals surface area (Å²) in [6.07, 6.45) is 0.955. The number of nitrogens with one attached hydrogen (secondary N) is 1. The van der Waals surface area contributed by atoms with Crippen molar-refractivity contribution in [1.82, 2.24) is 10.2 Å². The van der Waals surface area contributed by atoms with E-state index in [1.807, 2.05) is 24.3 Å². The molecule has 0 aliphatic rings. The first kappa shape index (κ1) is 11.2. The van der Waals surface area contributed by atoms with Gasteiger partial charge in [-0.15, -0.1) is 0 Å². The number of nitriles is 1. The highest BCUT2D eigenvalue weighted by atomic mass is 16.5. The molecule has 0 unspecified atom stereocenters. The van der Waals surface area contributed by atoms with Crippen molar-refractivity contribution in [2.75, 3.05) is 7.11 Å². The molecule has 1 aromatic carbocycles. The summed E-state index contributed by atoms with van der Waals surface area (Å²) in [5, 5.41) is 15.5. The molecule has 0 amide bonds. The number of rotatable bonds is 3. The van der Waals surface area contributed by atoms with Gasteiger partial charge in [0.25, 0.3) is 0 Å². The minimum absolute atomic E-state index is 0.379. The van der Waals surface area contributed by atoms with Gasteiger partial charge >= 0.3 is 0 Å². The molecule has 0 saturated heterocycles. The van der Waals surface area contributed by atoms with E-state index in [0.717, 1.165) is 23.4 Å². The predicted molar refractivity (Wildman–Crippen MR) is 64.7 cm³/mol. The summed E-state index contributed by atoms with van der Waals surface area (Å²) in [4.78, 5) is 0. The van der Waals surface area contributed by atoms with Crippen LogP contribution in [0.25, 0.3) is 11.3 Å². The summed E-state index contributed by atoms with van der Waals surface area (Å²) in [7, 11) is 1.63. The Balaban J connectivity index is 2.52. The fourth-order valence-electron chi connectivity index (χ4n) is 1.70. The van der Waals surface area contributed by atoms with Gasteiger partial charge in [-0.25, -0.2) is 0 Å². The molecule has 1 aromatic heterocycles. The summed E-state index contributed by atoms with van der Waals surface area (Å²) in [6, 6.07) is 9.73. The van der Waals surface area contributed by atoms with E-state index in [9.17, 15) is 0 Å². The van der Waals surface area contributed by atoms with Crippen LogP contribution in [-0.2, 0) is 6.42 Å². The maximum Gasteiger partial charge on any atom is 0.162 e. The Bertz CT molecular complexity index is 566. The zero-order valence-electron chi connectivity index (χ0n) is 9.82. The lowest BCUT2D eigenvalue weighted by Crippen LogP contribution is -1.90. The molecule has 86 valence electrons. The van der Waals surface area contributed by atoms with Crippen LogP contribution in [0, 0.1) is 11.3 Å². The van der Waals surface area contributed by atoms with Gasteiger partial charge in [-0.3, -0.25) is 5.10 Å². The van der Waals surface area contributed by atoms with Gasteiger partial charge < -0.3 is 4.74 Å². The van der Waals surface area contributed by atoms with Crippen molar-refractivity contribution in [2.45, 2.75) is 13.3 Å². The number of benzene rings is 1. The summed E-state index contributed by atoms with van der Waals surface area (Å²) >= 11 is 0. The van der Waals surface area contributed by atoms with Gasteiger partial charge in [0.05, 0.1) is 12.8 Å². The third-order valence-electron chi connectivity index (χ3n) is 2.65. The van der Waals surface area contributed by atoms with Crippen LogP contribution >= 0.6 is 0 Å². The molecule has 0 bridgehead atoms. The Labute approximate surface area is 99.9 Å². The average molecular weight is 227 g/mol. The Kier molecular flexibility index (Phi) is 3.10. The van der Waals surface area contributed by atoms with Crippen LogP contribution in [0.4, 0.5) is 0 Å². The van der Waals surface area contributed by atoms with Crippen molar-refractivity contribution in [3.63, 3.8) is 0 Å². The number of H-pyrrole nitrogens is 1. The molecule has 1 N–H and O–H groups in total. The van der Waals surface area contributed by atoms with Gasteiger partial charge in [-0.2, -0.15) is 10.4 Å². The summed E-state index contributed by atoms with van der Waals surface area (Å²) in [5.74, 6) is 0.773. The second kappa shape index (κ2) is 4.71. The summed E-state index contributed by atoms with van der Waals surface area (Å²) < 4.78 is 5.31. The quantitative estimate of drug-likeness (QED) is 0.876. The van der Waals surface area contributed by atoms with Crippen LogP contribution in [0.1, 0.15) is 18.2 Å². The van der Waals surface area contributed by atoms with Crippen molar-refractivity contribution in [3.05, 3.63) is 35.5 Å². The lowest BCUT2D eigenvalue weighted by Gasteiger charge is -2.08. The first-order valence-electron chi connectivity index (χ1n) is 5.41. The van der Waals surface area contributed by atoms with Crippen LogP contribution in [0.5, 0.6) is 5.75 Å². The molecule has 0 aliphatic carbocycles. The monoisotopic (exact) mass is 227 g/mol. The number of ether oxygens (including phenoxy) is 1. The maximum absolute atomic E-state index is 8.76. The van der Waals surface area contributed by atoms with Crippen molar-refractivity contribution < 1.29 is 4.74 Å². The molecule has 4 heteroatoms. The molecule has 17 heavy (non-hydrogen) atoms. The zero-order chi connectivity index (χ0) is 12.3. The highest BCUT2D eigenvalue weighted by Gasteiger charge is 2.09. The number of hydrogen-bond donors (Lipinski definition) is 1. The van der Waals surface area contributed by atoms with E-state index in [0.29, 0.717) is 5.69 Å². The molecular weight excluding hydrogens is 214 g/mol. The number of nitrogens with zero attached hydrogens (tertiary/aromatic N) is 2. The smallest absolute Gasteiger partial charge is 0.162 e. The molecule has 2 rings (SSSR count). The highest BCUT2D eigenvalue weighted by molar-refractivity contribution is 5.68. The van der Waals surface area contributed by atoms with Gasteiger partial charge in [0.15, 0.2) is 5.69 Å². The van der Waals surface area contributed by atoms with Gasteiger partial charge in [0, 0.05) is 11.6 Å². The Morgan fingerprint density at radius 2 is 2.24 bits per heavy atom. The van der Waals surface area contributed by atoms with Crippen LogP contribution in [0.2, 0.25) is 0 Å². The zero-order valence-corrected chi connectivity index (χ0v) is 9.82. The topological polar surface area (TPSA) is 61.7 Å². The van der Waals surface area contributed by atoms with Crippen LogP contribution in [0.3, 0.4) is 0 Å². The first-order chi connectivity index (χ1) is 8.28. The van der Waals surface area contributed by atoms with Crippen LogP contribution in [0.15, 0.2) is 24.3 Å². The van der Waals surface area contributed by atoms with Gasteiger partial charge in [-0.1, -0.05) is 13.0 Å². The standard InChI is InChI=1S/C13H13N3O/c1-3-9-4-5-13(17-2)11(6-9)12-7-10(8-14)15-16-12/h4-7H,3H2,1-2H3,(H,15,16). The normalized spacial score (nSPS) is 9.94.